The summed E-state index contributed by atoms with van der Waals surface area (Å²) in [4.78, 5) is 24.4. The predicted molar refractivity (Wildman–Crippen MR) is 109 cm³/mol. The number of phenols is 1. The zero-order chi connectivity index (χ0) is 21.4. The van der Waals surface area contributed by atoms with Crippen LogP contribution < -0.4 is 14.8 Å². The molecule has 4 rings (SSSR count). The monoisotopic (exact) mass is 408 g/mol. The predicted octanol–water partition coefficient (Wildman–Crippen LogP) is 3.37. The van der Waals surface area contributed by atoms with Crippen LogP contribution >= 0.6 is 0 Å². The highest BCUT2D eigenvalue weighted by molar-refractivity contribution is 6.04. The summed E-state index contributed by atoms with van der Waals surface area (Å²) in [6.45, 7) is 0. The lowest BCUT2D eigenvalue weighted by Gasteiger charge is -2.27. The number of carboxylic acids is 1. The zero-order valence-corrected chi connectivity index (χ0v) is 16.4. The van der Waals surface area contributed by atoms with Crippen molar-refractivity contribution in [3.8, 4) is 22.9 Å². The van der Waals surface area contributed by atoms with Gasteiger partial charge in [0.15, 0.2) is 0 Å². The van der Waals surface area contributed by atoms with Crippen molar-refractivity contribution in [2.24, 2.45) is 0 Å². The van der Waals surface area contributed by atoms with Crippen LogP contribution in [-0.4, -0.2) is 40.9 Å². The minimum atomic E-state index is -1.16. The summed E-state index contributed by atoms with van der Waals surface area (Å²) in [6.07, 6.45) is 1.57. The van der Waals surface area contributed by atoms with Crippen molar-refractivity contribution in [3.63, 3.8) is 0 Å². The van der Waals surface area contributed by atoms with E-state index in [4.69, 9.17) is 9.47 Å². The van der Waals surface area contributed by atoms with Crippen molar-refractivity contribution >= 4 is 17.6 Å². The molecule has 2 heterocycles. The van der Waals surface area contributed by atoms with E-state index in [-0.39, 0.29) is 29.3 Å². The van der Waals surface area contributed by atoms with Crippen molar-refractivity contribution in [3.05, 3.63) is 65.5 Å². The Bertz CT molecular complexity index is 1150. The molecule has 2 aromatic carbocycles. The molecule has 1 unspecified atom stereocenters. The van der Waals surface area contributed by atoms with Crippen LogP contribution in [0, 0.1) is 0 Å². The quantitative estimate of drug-likeness (QED) is 0.597. The summed E-state index contributed by atoms with van der Waals surface area (Å²) in [5, 5.41) is 22.4. The number of fused-ring (bicyclic) bond motifs is 1. The van der Waals surface area contributed by atoms with Gasteiger partial charge in [0, 0.05) is 24.6 Å². The molecule has 1 amide bonds. The largest absolute Gasteiger partial charge is 0.508 e. The van der Waals surface area contributed by atoms with E-state index in [9.17, 15) is 19.8 Å². The van der Waals surface area contributed by atoms with Crippen molar-refractivity contribution < 1.29 is 29.3 Å². The second kappa shape index (κ2) is 7.47. The van der Waals surface area contributed by atoms with Crippen LogP contribution in [0.15, 0.2) is 48.7 Å². The first-order chi connectivity index (χ1) is 14.4. The first-order valence-electron chi connectivity index (χ1n) is 9.22. The Balaban J connectivity index is 2.02. The molecule has 0 bridgehead atoms. The van der Waals surface area contributed by atoms with Crippen LogP contribution in [0.4, 0.5) is 5.69 Å². The number of hydrogen-bond donors (Lipinski definition) is 3. The third-order valence-electron chi connectivity index (χ3n) is 5.18. The summed E-state index contributed by atoms with van der Waals surface area (Å²) in [5.74, 6) is -0.784. The first-order valence-corrected chi connectivity index (χ1v) is 9.22. The fourth-order valence-electron chi connectivity index (χ4n) is 3.83. The Labute approximate surface area is 172 Å². The van der Waals surface area contributed by atoms with Gasteiger partial charge in [-0.3, -0.25) is 4.79 Å². The van der Waals surface area contributed by atoms with E-state index in [2.05, 4.69) is 5.32 Å². The van der Waals surface area contributed by atoms with Gasteiger partial charge in [-0.25, -0.2) is 4.79 Å². The van der Waals surface area contributed by atoms with Gasteiger partial charge in [-0.05, 0) is 29.8 Å². The van der Waals surface area contributed by atoms with Gasteiger partial charge < -0.3 is 29.6 Å². The number of ether oxygens (including phenoxy) is 2. The lowest BCUT2D eigenvalue weighted by atomic mass is 9.88. The molecule has 1 aliphatic heterocycles. The van der Waals surface area contributed by atoms with Crippen LogP contribution in [0.2, 0.25) is 0 Å². The molecule has 8 heteroatoms. The Hall–Kier alpha value is -3.94. The van der Waals surface area contributed by atoms with E-state index in [0.717, 1.165) is 0 Å². The van der Waals surface area contributed by atoms with E-state index in [1.54, 1.807) is 47.0 Å². The van der Waals surface area contributed by atoms with Crippen LogP contribution in [-0.2, 0) is 4.79 Å². The fourth-order valence-corrected chi connectivity index (χ4v) is 3.83. The number of methoxy groups -OCH3 is 2. The molecule has 0 saturated heterocycles. The highest BCUT2D eigenvalue weighted by Crippen LogP contribution is 2.43. The standard InChI is InChI=1S/C22H20N2O6/c1-29-14-6-7-18(30-2)17(9-14)24-11-16(22(27)28)20-21(24)15(10-19(26)23-20)12-4-3-5-13(25)8-12/h3-9,11,15,25H,10H2,1-2H3,(H,23,26)(H,27,28). The molecule has 8 nitrogen and oxygen atoms in total. The van der Waals surface area contributed by atoms with Crippen LogP contribution in [0.5, 0.6) is 17.2 Å². The number of aromatic hydroxyl groups is 1. The van der Waals surface area contributed by atoms with E-state index in [1.165, 1.54) is 20.4 Å². The number of anilines is 1. The third kappa shape index (κ3) is 3.22. The molecule has 0 spiro atoms. The number of carbonyl (C=O) groups excluding carboxylic acids is 1. The molecule has 30 heavy (non-hydrogen) atoms. The van der Waals surface area contributed by atoms with Crippen molar-refractivity contribution in [2.75, 3.05) is 19.5 Å². The number of carboxylic acid groups (broad SMARTS) is 1. The molecule has 0 aliphatic carbocycles. The second-order valence-corrected chi connectivity index (χ2v) is 6.92. The smallest absolute Gasteiger partial charge is 0.339 e. The second-order valence-electron chi connectivity index (χ2n) is 6.92. The number of aromatic carboxylic acids is 1. The Kier molecular flexibility index (Phi) is 4.83. The van der Waals surface area contributed by atoms with Crippen molar-refractivity contribution in [2.45, 2.75) is 12.3 Å². The van der Waals surface area contributed by atoms with Gasteiger partial charge in [0.05, 0.1) is 31.3 Å². The summed E-state index contributed by atoms with van der Waals surface area (Å²) in [5.41, 5.74) is 2.06. The molecule has 1 aromatic heterocycles. The Morgan fingerprint density at radius 3 is 2.63 bits per heavy atom. The highest BCUT2D eigenvalue weighted by Gasteiger charge is 2.35. The third-order valence-corrected chi connectivity index (χ3v) is 5.18. The average molecular weight is 408 g/mol. The number of amides is 1. The molecule has 1 aliphatic rings. The maximum absolute atomic E-state index is 12.4. The van der Waals surface area contributed by atoms with E-state index >= 15 is 0 Å². The maximum atomic E-state index is 12.4. The van der Waals surface area contributed by atoms with Crippen LogP contribution in [0.25, 0.3) is 5.69 Å². The summed E-state index contributed by atoms with van der Waals surface area (Å²) < 4.78 is 12.5. The van der Waals surface area contributed by atoms with Crippen molar-refractivity contribution in [1.29, 1.82) is 0 Å². The molecule has 1 atom stereocenters. The number of aromatic nitrogens is 1. The summed E-state index contributed by atoms with van der Waals surface area (Å²) in [7, 11) is 3.06. The summed E-state index contributed by atoms with van der Waals surface area (Å²) >= 11 is 0. The minimum absolute atomic E-state index is 0.0342. The lowest BCUT2D eigenvalue weighted by Crippen LogP contribution is -2.25. The highest BCUT2D eigenvalue weighted by atomic mass is 16.5. The topological polar surface area (TPSA) is 110 Å². The number of nitrogens with zero attached hydrogens (tertiary/aromatic N) is 1. The minimum Gasteiger partial charge on any atom is -0.508 e. The lowest BCUT2D eigenvalue weighted by molar-refractivity contribution is -0.116. The van der Waals surface area contributed by atoms with Crippen molar-refractivity contribution in [1.82, 2.24) is 4.57 Å². The van der Waals surface area contributed by atoms with Gasteiger partial charge in [-0.2, -0.15) is 0 Å². The van der Waals surface area contributed by atoms with E-state index in [1.807, 2.05) is 0 Å². The van der Waals surface area contributed by atoms with Gasteiger partial charge >= 0.3 is 5.97 Å². The molecule has 3 aromatic rings. The van der Waals surface area contributed by atoms with Gasteiger partial charge in [-0.1, -0.05) is 12.1 Å². The molecule has 3 N–H and O–H groups in total. The van der Waals surface area contributed by atoms with Gasteiger partial charge in [0.1, 0.15) is 22.8 Å². The number of carbonyl (C=O) groups is 2. The maximum Gasteiger partial charge on any atom is 0.339 e. The normalized spacial score (nSPS) is 15.3. The van der Waals surface area contributed by atoms with Gasteiger partial charge in [0.25, 0.3) is 0 Å². The van der Waals surface area contributed by atoms with Gasteiger partial charge in [-0.15, -0.1) is 0 Å². The molecule has 0 fully saturated rings. The van der Waals surface area contributed by atoms with Gasteiger partial charge in [0.2, 0.25) is 5.91 Å². The summed E-state index contributed by atoms with van der Waals surface area (Å²) in [6, 6.07) is 11.8. The number of rotatable bonds is 5. The van der Waals surface area contributed by atoms with Crippen LogP contribution in [0.1, 0.15) is 34.0 Å². The SMILES string of the molecule is COc1ccc(OC)c(-n2cc(C(=O)O)c3c2C(c2cccc(O)c2)CC(=O)N3)c1. The Morgan fingerprint density at radius 2 is 1.97 bits per heavy atom. The number of hydrogen-bond acceptors (Lipinski definition) is 5. The number of benzene rings is 2. The van der Waals surface area contributed by atoms with Crippen LogP contribution in [0.3, 0.4) is 0 Å². The average Bonchev–Trinajstić information content (AvgIpc) is 3.12. The fraction of sp³-hybridized carbons (Fsp3) is 0.182. The van der Waals surface area contributed by atoms with E-state index < -0.39 is 11.9 Å². The number of nitrogens with one attached hydrogen (secondary N) is 1. The molecule has 154 valence electrons. The molecule has 0 saturated carbocycles. The molecular weight excluding hydrogens is 388 g/mol. The first kappa shape index (κ1) is 19.4. The molecular formula is C22H20N2O6. The zero-order valence-electron chi connectivity index (χ0n) is 16.4. The Morgan fingerprint density at radius 1 is 1.17 bits per heavy atom. The van der Waals surface area contributed by atoms with E-state index in [0.29, 0.717) is 28.4 Å². The number of phenolic OH excluding ortho intramolecular Hbond substituents is 1. The molecule has 0 radical (unpaired) electrons.